The van der Waals surface area contributed by atoms with E-state index < -0.39 is 12.2 Å². The Labute approximate surface area is 289 Å². The van der Waals surface area contributed by atoms with Crippen molar-refractivity contribution in [2.45, 2.75) is 199 Å². The molecule has 2 atom stereocenters. The first-order valence-electron chi connectivity index (χ1n) is 19.7. The van der Waals surface area contributed by atoms with Crippen molar-refractivity contribution in [3.8, 4) is 0 Å². The molecule has 0 saturated carbocycles. The summed E-state index contributed by atoms with van der Waals surface area (Å²) in [6.07, 6.45) is 41.1. The van der Waals surface area contributed by atoms with Crippen LogP contribution in [0.4, 0.5) is 0 Å². The van der Waals surface area contributed by atoms with Crippen molar-refractivity contribution in [1.29, 1.82) is 0 Å². The fraction of sp³-hybridized carbons (Fsp3) is 0.805. The molecule has 0 bridgehead atoms. The van der Waals surface area contributed by atoms with Crippen molar-refractivity contribution in [2.24, 2.45) is 0 Å². The molecule has 0 heterocycles. The number of esters is 2. The quantitative estimate of drug-likeness (QED) is 0.0304. The third kappa shape index (κ3) is 35.2. The SMILES string of the molecule is CC/C=C/CC(O)/C=C/C=C/CCCCCCCC(=O)O[C@@H](CO)COC(=O)CCCCCCCCCCCCCCCCCCC. The fourth-order valence-corrected chi connectivity index (χ4v) is 5.53. The van der Waals surface area contributed by atoms with Crippen LogP contribution in [0.2, 0.25) is 0 Å². The first kappa shape index (κ1) is 45.1. The van der Waals surface area contributed by atoms with Gasteiger partial charge in [-0.05, 0) is 38.5 Å². The van der Waals surface area contributed by atoms with Crippen molar-refractivity contribution >= 4 is 11.9 Å². The lowest BCUT2D eigenvalue weighted by Gasteiger charge is -2.15. The zero-order valence-electron chi connectivity index (χ0n) is 30.7. The second-order valence-electron chi connectivity index (χ2n) is 13.2. The molecule has 0 aliphatic heterocycles. The summed E-state index contributed by atoms with van der Waals surface area (Å²) in [6.45, 7) is 3.91. The van der Waals surface area contributed by atoms with Gasteiger partial charge in [-0.15, -0.1) is 0 Å². The molecule has 0 spiro atoms. The lowest BCUT2D eigenvalue weighted by Crippen LogP contribution is -2.28. The van der Waals surface area contributed by atoms with Crippen LogP contribution >= 0.6 is 0 Å². The highest BCUT2D eigenvalue weighted by Gasteiger charge is 2.16. The van der Waals surface area contributed by atoms with Gasteiger partial charge in [-0.3, -0.25) is 9.59 Å². The number of ether oxygens (including phenoxy) is 2. The van der Waals surface area contributed by atoms with Gasteiger partial charge in [0.2, 0.25) is 0 Å². The number of carbonyl (C=O) groups is 2. The minimum absolute atomic E-state index is 0.0857. The van der Waals surface area contributed by atoms with Crippen LogP contribution in [0.25, 0.3) is 0 Å². The van der Waals surface area contributed by atoms with Crippen molar-refractivity contribution in [1.82, 2.24) is 0 Å². The van der Waals surface area contributed by atoms with Crippen LogP contribution in [0.5, 0.6) is 0 Å². The molecule has 1 unspecified atom stereocenters. The van der Waals surface area contributed by atoms with E-state index in [1.807, 2.05) is 24.3 Å². The Morgan fingerprint density at radius 1 is 0.596 bits per heavy atom. The van der Waals surface area contributed by atoms with E-state index in [4.69, 9.17) is 9.47 Å². The van der Waals surface area contributed by atoms with Crippen LogP contribution in [0.15, 0.2) is 36.5 Å². The van der Waals surface area contributed by atoms with E-state index in [9.17, 15) is 19.8 Å². The molecule has 0 amide bonds. The number of aliphatic hydroxyl groups excluding tert-OH is 2. The molecule has 0 radical (unpaired) electrons. The normalized spacial score (nSPS) is 13.2. The van der Waals surface area contributed by atoms with E-state index in [1.54, 1.807) is 0 Å². The highest BCUT2D eigenvalue weighted by Crippen LogP contribution is 2.15. The van der Waals surface area contributed by atoms with Crippen LogP contribution in [0.1, 0.15) is 187 Å². The standard InChI is InChI=1S/C41H74O6/c1-3-5-7-8-9-10-11-12-13-14-15-16-17-20-23-26-30-34-40(44)46-37-39(36-42)47-41(45)35-31-27-24-21-18-19-22-25-29-33-38(43)32-28-6-4-2/h6,22,25,28-29,33,38-39,42-43H,3-5,7-21,23-24,26-27,30-32,34-37H2,1-2H3/b25-22+,28-6+,33-29+/t38?,39-/m0/s1. The second-order valence-corrected chi connectivity index (χ2v) is 13.2. The molecule has 0 aliphatic carbocycles. The summed E-state index contributed by atoms with van der Waals surface area (Å²) in [7, 11) is 0. The Balaban J connectivity index is 3.60. The molecule has 6 nitrogen and oxygen atoms in total. The van der Waals surface area contributed by atoms with Crippen LogP contribution in [-0.4, -0.2) is 47.6 Å². The third-order valence-electron chi connectivity index (χ3n) is 8.53. The van der Waals surface area contributed by atoms with Gasteiger partial charge in [0.1, 0.15) is 6.61 Å². The van der Waals surface area contributed by atoms with E-state index in [-0.39, 0.29) is 25.2 Å². The smallest absolute Gasteiger partial charge is 0.306 e. The Hall–Kier alpha value is -1.92. The van der Waals surface area contributed by atoms with Crippen LogP contribution in [-0.2, 0) is 19.1 Å². The molecular weight excluding hydrogens is 588 g/mol. The molecule has 0 aliphatic rings. The summed E-state index contributed by atoms with van der Waals surface area (Å²) in [5.74, 6) is -0.640. The van der Waals surface area contributed by atoms with Gasteiger partial charge in [0.15, 0.2) is 6.10 Å². The summed E-state index contributed by atoms with van der Waals surface area (Å²) in [6, 6.07) is 0. The topological polar surface area (TPSA) is 93.1 Å². The average molecular weight is 663 g/mol. The first-order chi connectivity index (χ1) is 23.0. The summed E-state index contributed by atoms with van der Waals surface area (Å²) >= 11 is 0. The zero-order valence-corrected chi connectivity index (χ0v) is 30.7. The molecule has 2 N–H and O–H groups in total. The number of hydrogen-bond acceptors (Lipinski definition) is 6. The van der Waals surface area contributed by atoms with Crippen molar-refractivity contribution < 1.29 is 29.3 Å². The minimum Gasteiger partial charge on any atom is -0.462 e. The molecule has 47 heavy (non-hydrogen) atoms. The van der Waals surface area contributed by atoms with E-state index in [1.165, 1.54) is 89.9 Å². The predicted octanol–water partition coefficient (Wildman–Crippen LogP) is 11.0. The Bertz CT molecular complexity index is 774. The van der Waals surface area contributed by atoms with Crippen LogP contribution < -0.4 is 0 Å². The monoisotopic (exact) mass is 663 g/mol. The van der Waals surface area contributed by atoms with Gasteiger partial charge in [0, 0.05) is 12.8 Å². The molecule has 0 saturated heterocycles. The van der Waals surface area contributed by atoms with Gasteiger partial charge in [-0.25, -0.2) is 0 Å². The summed E-state index contributed by atoms with van der Waals surface area (Å²) in [5, 5.41) is 19.4. The number of unbranched alkanes of at least 4 members (excludes halogenated alkanes) is 21. The molecule has 0 rings (SSSR count). The maximum atomic E-state index is 12.1. The number of allylic oxidation sites excluding steroid dienone is 4. The maximum absolute atomic E-state index is 12.1. The van der Waals surface area contributed by atoms with Gasteiger partial charge in [-0.1, -0.05) is 172 Å². The number of carbonyl (C=O) groups excluding carboxylic acids is 2. The predicted molar refractivity (Wildman–Crippen MR) is 197 cm³/mol. The molecule has 0 fully saturated rings. The fourth-order valence-electron chi connectivity index (χ4n) is 5.53. The maximum Gasteiger partial charge on any atom is 0.306 e. The first-order valence-corrected chi connectivity index (χ1v) is 19.7. The van der Waals surface area contributed by atoms with Crippen LogP contribution in [0, 0.1) is 0 Å². The Morgan fingerprint density at radius 2 is 1.09 bits per heavy atom. The number of aliphatic hydroxyl groups is 2. The lowest BCUT2D eigenvalue weighted by molar-refractivity contribution is -0.161. The van der Waals surface area contributed by atoms with E-state index in [0.29, 0.717) is 19.3 Å². The van der Waals surface area contributed by atoms with Crippen molar-refractivity contribution in [3.05, 3.63) is 36.5 Å². The Morgan fingerprint density at radius 3 is 1.60 bits per heavy atom. The van der Waals surface area contributed by atoms with Gasteiger partial charge < -0.3 is 19.7 Å². The highest BCUT2D eigenvalue weighted by molar-refractivity contribution is 5.70. The van der Waals surface area contributed by atoms with Gasteiger partial charge in [0.05, 0.1) is 12.7 Å². The second kappa shape index (κ2) is 36.9. The van der Waals surface area contributed by atoms with E-state index in [0.717, 1.165) is 64.2 Å². The van der Waals surface area contributed by atoms with Crippen molar-refractivity contribution in [3.63, 3.8) is 0 Å². The van der Waals surface area contributed by atoms with Gasteiger partial charge in [-0.2, -0.15) is 0 Å². The van der Waals surface area contributed by atoms with E-state index >= 15 is 0 Å². The average Bonchev–Trinajstić information content (AvgIpc) is 3.07. The largest absolute Gasteiger partial charge is 0.462 e. The molecule has 0 aromatic carbocycles. The summed E-state index contributed by atoms with van der Waals surface area (Å²) in [5.41, 5.74) is 0. The highest BCUT2D eigenvalue weighted by atomic mass is 16.6. The number of hydrogen-bond donors (Lipinski definition) is 2. The number of rotatable bonds is 35. The molecular formula is C41H74O6. The molecule has 0 aromatic rings. The van der Waals surface area contributed by atoms with Crippen LogP contribution in [0.3, 0.4) is 0 Å². The van der Waals surface area contributed by atoms with Gasteiger partial charge >= 0.3 is 11.9 Å². The third-order valence-corrected chi connectivity index (χ3v) is 8.53. The molecule has 0 aromatic heterocycles. The Kier molecular flexibility index (Phi) is 35.4. The summed E-state index contributed by atoms with van der Waals surface area (Å²) < 4.78 is 10.6. The minimum atomic E-state index is -0.795. The lowest BCUT2D eigenvalue weighted by atomic mass is 10.0. The zero-order chi connectivity index (χ0) is 34.5. The molecule has 274 valence electrons. The van der Waals surface area contributed by atoms with Gasteiger partial charge in [0.25, 0.3) is 0 Å². The molecule has 6 heteroatoms. The van der Waals surface area contributed by atoms with Crippen molar-refractivity contribution in [2.75, 3.05) is 13.2 Å². The van der Waals surface area contributed by atoms with E-state index in [2.05, 4.69) is 26.0 Å². The summed E-state index contributed by atoms with van der Waals surface area (Å²) in [4.78, 5) is 24.2.